The van der Waals surface area contributed by atoms with E-state index in [1.165, 1.54) is 0 Å². The zero-order chi connectivity index (χ0) is 9.68. The molecule has 2 atom stereocenters. The standard InChI is InChI=1S/C10H18O3/c1-2-6-13-9-5-3-4-8(7-9)10(11)12/h8-9H,2-7H2,1H3,(H,11,12). The Morgan fingerprint density at radius 2 is 2.31 bits per heavy atom. The van der Waals surface area contributed by atoms with Gasteiger partial charge in [-0.3, -0.25) is 4.79 Å². The number of rotatable bonds is 4. The highest BCUT2D eigenvalue weighted by Gasteiger charge is 2.26. The van der Waals surface area contributed by atoms with Gasteiger partial charge >= 0.3 is 5.97 Å². The second-order valence-electron chi connectivity index (χ2n) is 3.69. The third kappa shape index (κ3) is 3.35. The summed E-state index contributed by atoms with van der Waals surface area (Å²) in [4.78, 5) is 10.7. The highest BCUT2D eigenvalue weighted by Crippen LogP contribution is 2.26. The molecule has 1 aliphatic carbocycles. The Labute approximate surface area is 79.1 Å². The lowest BCUT2D eigenvalue weighted by Crippen LogP contribution is -2.27. The summed E-state index contributed by atoms with van der Waals surface area (Å²) in [7, 11) is 0. The molecule has 0 bridgehead atoms. The van der Waals surface area contributed by atoms with Crippen molar-refractivity contribution in [3.05, 3.63) is 0 Å². The van der Waals surface area contributed by atoms with E-state index >= 15 is 0 Å². The molecule has 0 saturated heterocycles. The van der Waals surface area contributed by atoms with Crippen LogP contribution < -0.4 is 0 Å². The molecule has 0 radical (unpaired) electrons. The van der Waals surface area contributed by atoms with E-state index in [0.29, 0.717) is 6.42 Å². The van der Waals surface area contributed by atoms with Crippen LogP contribution in [0.5, 0.6) is 0 Å². The van der Waals surface area contributed by atoms with Gasteiger partial charge in [-0.25, -0.2) is 0 Å². The predicted octanol–water partition coefficient (Wildman–Crippen LogP) is 2.06. The first-order chi connectivity index (χ1) is 6.24. The molecule has 3 nitrogen and oxygen atoms in total. The van der Waals surface area contributed by atoms with Gasteiger partial charge in [-0.2, -0.15) is 0 Å². The molecule has 1 fully saturated rings. The highest BCUT2D eigenvalue weighted by atomic mass is 16.5. The number of aliphatic carboxylic acids is 1. The Bertz CT molecular complexity index is 168. The molecule has 0 aromatic heterocycles. The molecule has 3 heteroatoms. The predicted molar refractivity (Wildman–Crippen MR) is 49.6 cm³/mol. The van der Waals surface area contributed by atoms with Crippen molar-refractivity contribution in [3.63, 3.8) is 0 Å². The summed E-state index contributed by atoms with van der Waals surface area (Å²) in [6.45, 7) is 2.83. The van der Waals surface area contributed by atoms with Gasteiger partial charge in [0.05, 0.1) is 12.0 Å². The largest absolute Gasteiger partial charge is 0.481 e. The van der Waals surface area contributed by atoms with Crippen LogP contribution in [0.4, 0.5) is 0 Å². The van der Waals surface area contributed by atoms with E-state index in [4.69, 9.17) is 9.84 Å². The summed E-state index contributed by atoms with van der Waals surface area (Å²) in [6.07, 6.45) is 4.75. The lowest BCUT2D eigenvalue weighted by atomic mass is 9.87. The fourth-order valence-electron chi connectivity index (χ4n) is 1.81. The molecular formula is C10H18O3. The van der Waals surface area contributed by atoms with Crippen LogP contribution in [-0.2, 0) is 9.53 Å². The van der Waals surface area contributed by atoms with Crippen LogP contribution >= 0.6 is 0 Å². The second-order valence-corrected chi connectivity index (χ2v) is 3.69. The molecule has 1 rings (SSSR count). The van der Waals surface area contributed by atoms with Crippen LogP contribution in [0.15, 0.2) is 0 Å². The first-order valence-electron chi connectivity index (χ1n) is 5.08. The summed E-state index contributed by atoms with van der Waals surface area (Å²) in [5.74, 6) is -0.833. The van der Waals surface area contributed by atoms with Crippen LogP contribution in [0.2, 0.25) is 0 Å². The van der Waals surface area contributed by atoms with E-state index in [1.54, 1.807) is 0 Å². The molecule has 1 aliphatic rings. The van der Waals surface area contributed by atoms with Crippen LogP contribution in [-0.4, -0.2) is 23.8 Å². The van der Waals surface area contributed by atoms with Gasteiger partial charge in [0.2, 0.25) is 0 Å². The Hall–Kier alpha value is -0.570. The minimum absolute atomic E-state index is 0.171. The first-order valence-corrected chi connectivity index (χ1v) is 5.08. The van der Waals surface area contributed by atoms with Crippen molar-refractivity contribution in [2.75, 3.05) is 6.61 Å². The van der Waals surface area contributed by atoms with Gasteiger partial charge in [0.25, 0.3) is 0 Å². The fourth-order valence-corrected chi connectivity index (χ4v) is 1.81. The molecule has 0 aromatic carbocycles. The average Bonchev–Trinajstić information content (AvgIpc) is 2.15. The van der Waals surface area contributed by atoms with Crippen molar-refractivity contribution >= 4 is 5.97 Å². The van der Waals surface area contributed by atoms with Crippen molar-refractivity contribution in [3.8, 4) is 0 Å². The van der Waals surface area contributed by atoms with Crippen molar-refractivity contribution in [2.45, 2.75) is 45.1 Å². The third-order valence-electron chi connectivity index (χ3n) is 2.53. The molecule has 0 aromatic rings. The SMILES string of the molecule is CCCOC1CCCC(C(=O)O)C1. The van der Waals surface area contributed by atoms with Crippen molar-refractivity contribution in [1.82, 2.24) is 0 Å². The lowest BCUT2D eigenvalue weighted by molar-refractivity contribution is -0.144. The van der Waals surface area contributed by atoms with E-state index in [1.807, 2.05) is 0 Å². The number of ether oxygens (including phenoxy) is 1. The van der Waals surface area contributed by atoms with Crippen molar-refractivity contribution in [2.24, 2.45) is 5.92 Å². The van der Waals surface area contributed by atoms with Gasteiger partial charge in [-0.05, 0) is 25.7 Å². The van der Waals surface area contributed by atoms with Crippen LogP contribution in [0.25, 0.3) is 0 Å². The molecule has 2 unspecified atom stereocenters. The smallest absolute Gasteiger partial charge is 0.306 e. The maximum Gasteiger partial charge on any atom is 0.306 e. The Balaban J connectivity index is 2.29. The summed E-state index contributed by atoms with van der Waals surface area (Å²) in [6, 6.07) is 0. The van der Waals surface area contributed by atoms with E-state index in [2.05, 4.69) is 6.92 Å². The zero-order valence-electron chi connectivity index (χ0n) is 8.16. The van der Waals surface area contributed by atoms with E-state index < -0.39 is 5.97 Å². The summed E-state index contributed by atoms with van der Waals surface area (Å²) >= 11 is 0. The minimum atomic E-state index is -0.662. The molecule has 1 saturated carbocycles. The molecule has 0 heterocycles. The average molecular weight is 186 g/mol. The van der Waals surface area contributed by atoms with Gasteiger partial charge in [0.1, 0.15) is 0 Å². The number of carbonyl (C=O) groups is 1. The zero-order valence-corrected chi connectivity index (χ0v) is 8.16. The van der Waals surface area contributed by atoms with Gasteiger partial charge in [-0.15, -0.1) is 0 Å². The third-order valence-corrected chi connectivity index (χ3v) is 2.53. The molecule has 0 aliphatic heterocycles. The Morgan fingerprint density at radius 3 is 2.92 bits per heavy atom. The number of carboxylic acid groups (broad SMARTS) is 1. The fraction of sp³-hybridized carbons (Fsp3) is 0.900. The number of carboxylic acids is 1. The van der Waals surface area contributed by atoms with Gasteiger partial charge in [-0.1, -0.05) is 13.3 Å². The van der Waals surface area contributed by atoms with Crippen LogP contribution in [0, 0.1) is 5.92 Å². The lowest BCUT2D eigenvalue weighted by Gasteiger charge is -2.26. The summed E-state index contributed by atoms with van der Waals surface area (Å²) in [5, 5.41) is 8.83. The number of hydrogen-bond donors (Lipinski definition) is 1. The van der Waals surface area contributed by atoms with Gasteiger partial charge in [0.15, 0.2) is 0 Å². The van der Waals surface area contributed by atoms with Gasteiger partial charge in [0, 0.05) is 6.61 Å². The maximum absolute atomic E-state index is 10.7. The first kappa shape index (κ1) is 10.5. The van der Waals surface area contributed by atoms with Crippen LogP contribution in [0.1, 0.15) is 39.0 Å². The maximum atomic E-state index is 10.7. The quantitative estimate of drug-likeness (QED) is 0.731. The Morgan fingerprint density at radius 1 is 1.54 bits per heavy atom. The summed E-state index contributed by atoms with van der Waals surface area (Å²) < 4.78 is 5.55. The minimum Gasteiger partial charge on any atom is -0.481 e. The Kier molecular flexibility index (Phi) is 4.22. The van der Waals surface area contributed by atoms with E-state index in [0.717, 1.165) is 32.3 Å². The summed E-state index contributed by atoms with van der Waals surface area (Å²) in [5.41, 5.74) is 0. The van der Waals surface area contributed by atoms with E-state index in [-0.39, 0.29) is 12.0 Å². The number of hydrogen-bond acceptors (Lipinski definition) is 2. The second kappa shape index (κ2) is 5.22. The van der Waals surface area contributed by atoms with Crippen molar-refractivity contribution < 1.29 is 14.6 Å². The highest BCUT2D eigenvalue weighted by molar-refractivity contribution is 5.70. The normalized spacial score (nSPS) is 28.7. The van der Waals surface area contributed by atoms with Crippen LogP contribution in [0.3, 0.4) is 0 Å². The molecule has 0 amide bonds. The van der Waals surface area contributed by atoms with Crippen molar-refractivity contribution in [1.29, 1.82) is 0 Å². The monoisotopic (exact) mass is 186 g/mol. The molecule has 76 valence electrons. The molecular weight excluding hydrogens is 168 g/mol. The topological polar surface area (TPSA) is 46.5 Å². The van der Waals surface area contributed by atoms with E-state index in [9.17, 15) is 4.79 Å². The van der Waals surface area contributed by atoms with Gasteiger partial charge < -0.3 is 9.84 Å². The molecule has 1 N–H and O–H groups in total. The molecule has 0 spiro atoms. The molecule has 13 heavy (non-hydrogen) atoms.